The number of hydrogen-bond donors (Lipinski definition) is 0. The van der Waals surface area contributed by atoms with Crippen LogP contribution in [0, 0.1) is 13.8 Å². The molecule has 130 valence electrons. The predicted octanol–water partition coefficient (Wildman–Crippen LogP) is 2.42. The lowest BCUT2D eigenvalue weighted by Gasteiger charge is -2.19. The zero-order valence-corrected chi connectivity index (χ0v) is 15.3. The first kappa shape index (κ1) is 18.2. The SMILES string of the molecule is Cc1cc(C(=O)N(C)Cc2ccco2)cc(S(=O)(=O)N(C)C)c1C. The number of nitrogens with zero attached hydrogens (tertiary/aromatic N) is 2. The summed E-state index contributed by atoms with van der Waals surface area (Å²) in [5.74, 6) is 0.403. The monoisotopic (exact) mass is 350 g/mol. The lowest BCUT2D eigenvalue weighted by atomic mass is 10.1. The van der Waals surface area contributed by atoms with Gasteiger partial charge >= 0.3 is 0 Å². The molecule has 0 aliphatic carbocycles. The zero-order chi connectivity index (χ0) is 18.1. The molecule has 0 unspecified atom stereocenters. The van der Waals surface area contributed by atoms with Crippen LogP contribution in [0.15, 0.2) is 39.8 Å². The molecule has 0 fully saturated rings. The average molecular weight is 350 g/mol. The molecule has 1 aromatic carbocycles. The number of sulfonamides is 1. The molecular weight excluding hydrogens is 328 g/mol. The van der Waals surface area contributed by atoms with E-state index in [0.29, 0.717) is 23.4 Å². The lowest BCUT2D eigenvalue weighted by Crippen LogP contribution is -2.27. The smallest absolute Gasteiger partial charge is 0.254 e. The number of aryl methyl sites for hydroxylation is 1. The largest absolute Gasteiger partial charge is 0.467 e. The fourth-order valence-corrected chi connectivity index (χ4v) is 3.56. The maximum absolute atomic E-state index is 12.7. The predicted molar refractivity (Wildman–Crippen MR) is 91.3 cm³/mol. The number of carbonyl (C=O) groups excluding carboxylic acids is 1. The third kappa shape index (κ3) is 3.52. The Hall–Kier alpha value is -2.12. The summed E-state index contributed by atoms with van der Waals surface area (Å²) >= 11 is 0. The van der Waals surface area contributed by atoms with Crippen molar-refractivity contribution < 1.29 is 17.6 Å². The third-order valence-electron chi connectivity index (χ3n) is 3.95. The summed E-state index contributed by atoms with van der Waals surface area (Å²) in [7, 11) is 0.983. The standard InChI is InChI=1S/C17H22N2O4S/c1-12-9-14(10-16(13(12)2)24(21,22)18(3)4)17(20)19(5)11-15-7-6-8-23-15/h6-10H,11H2,1-5H3. The molecule has 0 bridgehead atoms. The fraction of sp³-hybridized carbons (Fsp3) is 0.353. The third-order valence-corrected chi connectivity index (χ3v) is 5.89. The average Bonchev–Trinajstić information content (AvgIpc) is 3.01. The van der Waals surface area contributed by atoms with Crippen LogP contribution in [-0.4, -0.2) is 44.7 Å². The minimum atomic E-state index is -3.62. The van der Waals surface area contributed by atoms with Crippen LogP contribution in [0.3, 0.4) is 0 Å². The quantitative estimate of drug-likeness (QED) is 0.830. The molecule has 0 radical (unpaired) electrons. The normalized spacial score (nSPS) is 11.8. The topological polar surface area (TPSA) is 70.8 Å². The van der Waals surface area contributed by atoms with Gasteiger partial charge in [0.1, 0.15) is 5.76 Å². The molecule has 0 N–H and O–H groups in total. The van der Waals surface area contributed by atoms with Gasteiger partial charge in [-0.3, -0.25) is 4.79 Å². The number of carbonyl (C=O) groups is 1. The van der Waals surface area contributed by atoms with Gasteiger partial charge in [-0.05, 0) is 49.2 Å². The van der Waals surface area contributed by atoms with E-state index >= 15 is 0 Å². The Morgan fingerprint density at radius 1 is 1.17 bits per heavy atom. The first-order valence-electron chi connectivity index (χ1n) is 7.46. The Labute approximate surface area is 142 Å². The van der Waals surface area contributed by atoms with Gasteiger partial charge in [-0.2, -0.15) is 0 Å². The minimum Gasteiger partial charge on any atom is -0.467 e. The van der Waals surface area contributed by atoms with Crippen LogP contribution in [0.5, 0.6) is 0 Å². The molecule has 1 aromatic heterocycles. The molecule has 2 rings (SSSR count). The maximum atomic E-state index is 12.7. The van der Waals surface area contributed by atoms with Gasteiger partial charge in [0.05, 0.1) is 17.7 Å². The number of amides is 1. The van der Waals surface area contributed by atoms with Crippen molar-refractivity contribution in [1.82, 2.24) is 9.21 Å². The molecule has 0 aliphatic heterocycles. The van der Waals surface area contributed by atoms with E-state index < -0.39 is 10.0 Å². The van der Waals surface area contributed by atoms with Crippen LogP contribution >= 0.6 is 0 Å². The summed E-state index contributed by atoms with van der Waals surface area (Å²) in [5.41, 5.74) is 1.74. The van der Waals surface area contributed by atoms with Gasteiger partial charge in [0.25, 0.3) is 5.91 Å². The second-order valence-corrected chi connectivity index (χ2v) is 8.06. The van der Waals surface area contributed by atoms with Crippen molar-refractivity contribution in [2.24, 2.45) is 0 Å². The molecule has 0 aliphatic rings. The second kappa shape index (κ2) is 6.78. The van der Waals surface area contributed by atoms with Crippen molar-refractivity contribution in [3.63, 3.8) is 0 Å². The molecular formula is C17H22N2O4S. The van der Waals surface area contributed by atoms with E-state index in [0.717, 1.165) is 9.87 Å². The Morgan fingerprint density at radius 2 is 1.83 bits per heavy atom. The number of rotatable bonds is 5. The number of benzene rings is 1. The summed E-state index contributed by atoms with van der Waals surface area (Å²) in [5, 5.41) is 0. The van der Waals surface area contributed by atoms with Gasteiger partial charge < -0.3 is 9.32 Å². The van der Waals surface area contributed by atoms with Crippen molar-refractivity contribution in [3.8, 4) is 0 Å². The fourth-order valence-electron chi connectivity index (χ4n) is 2.34. The maximum Gasteiger partial charge on any atom is 0.254 e. The van der Waals surface area contributed by atoms with Crippen LogP contribution in [0.2, 0.25) is 0 Å². The molecule has 0 saturated heterocycles. The van der Waals surface area contributed by atoms with Crippen molar-refractivity contribution in [2.45, 2.75) is 25.3 Å². The highest BCUT2D eigenvalue weighted by molar-refractivity contribution is 7.89. The van der Waals surface area contributed by atoms with E-state index in [1.54, 1.807) is 45.4 Å². The Bertz CT molecular complexity index is 840. The van der Waals surface area contributed by atoms with Gasteiger partial charge in [-0.15, -0.1) is 0 Å². The van der Waals surface area contributed by atoms with Gasteiger partial charge in [0, 0.05) is 26.7 Å². The summed E-state index contributed by atoms with van der Waals surface area (Å²) in [6, 6.07) is 6.70. The van der Waals surface area contributed by atoms with E-state index in [1.165, 1.54) is 25.1 Å². The molecule has 0 atom stereocenters. The van der Waals surface area contributed by atoms with Crippen LogP contribution < -0.4 is 0 Å². The van der Waals surface area contributed by atoms with Gasteiger partial charge in [0.2, 0.25) is 10.0 Å². The molecule has 0 spiro atoms. The molecule has 6 nitrogen and oxygen atoms in total. The highest BCUT2D eigenvalue weighted by Crippen LogP contribution is 2.24. The molecule has 2 aromatic rings. The molecule has 7 heteroatoms. The van der Waals surface area contributed by atoms with Crippen molar-refractivity contribution >= 4 is 15.9 Å². The van der Waals surface area contributed by atoms with E-state index in [2.05, 4.69) is 0 Å². The summed E-state index contributed by atoms with van der Waals surface area (Å²) in [6.45, 7) is 3.86. The first-order valence-corrected chi connectivity index (χ1v) is 8.90. The lowest BCUT2D eigenvalue weighted by molar-refractivity contribution is 0.0775. The van der Waals surface area contributed by atoms with Crippen LogP contribution in [0.4, 0.5) is 0 Å². The second-order valence-electron chi connectivity index (χ2n) is 5.94. The Kier molecular flexibility index (Phi) is 5.15. The number of hydrogen-bond acceptors (Lipinski definition) is 4. The van der Waals surface area contributed by atoms with E-state index in [-0.39, 0.29) is 10.8 Å². The first-order chi connectivity index (χ1) is 11.1. The minimum absolute atomic E-state index is 0.155. The molecule has 0 saturated carbocycles. The summed E-state index contributed by atoms with van der Waals surface area (Å²) in [4.78, 5) is 14.3. The molecule has 1 amide bonds. The summed E-state index contributed by atoms with van der Waals surface area (Å²) in [6.07, 6.45) is 1.55. The van der Waals surface area contributed by atoms with E-state index in [4.69, 9.17) is 4.42 Å². The Morgan fingerprint density at radius 3 is 2.38 bits per heavy atom. The van der Waals surface area contributed by atoms with E-state index in [9.17, 15) is 13.2 Å². The van der Waals surface area contributed by atoms with Gasteiger partial charge in [-0.25, -0.2) is 12.7 Å². The van der Waals surface area contributed by atoms with Gasteiger partial charge in [0.15, 0.2) is 0 Å². The highest BCUT2D eigenvalue weighted by atomic mass is 32.2. The van der Waals surface area contributed by atoms with Crippen LogP contribution in [0.1, 0.15) is 27.2 Å². The summed E-state index contributed by atoms with van der Waals surface area (Å²) < 4.78 is 31.4. The van der Waals surface area contributed by atoms with E-state index in [1.807, 2.05) is 0 Å². The zero-order valence-electron chi connectivity index (χ0n) is 14.5. The molecule has 24 heavy (non-hydrogen) atoms. The van der Waals surface area contributed by atoms with Gasteiger partial charge in [-0.1, -0.05) is 0 Å². The van der Waals surface area contributed by atoms with Crippen LogP contribution in [-0.2, 0) is 16.6 Å². The van der Waals surface area contributed by atoms with Crippen LogP contribution in [0.25, 0.3) is 0 Å². The molecule has 1 heterocycles. The highest BCUT2D eigenvalue weighted by Gasteiger charge is 2.24. The van der Waals surface area contributed by atoms with Crippen molar-refractivity contribution in [1.29, 1.82) is 0 Å². The van der Waals surface area contributed by atoms with Crippen molar-refractivity contribution in [2.75, 3.05) is 21.1 Å². The number of furan rings is 1. The Balaban J connectivity index is 2.41. The van der Waals surface area contributed by atoms with Crippen molar-refractivity contribution in [3.05, 3.63) is 53.0 Å².